The third kappa shape index (κ3) is 2.52. The number of likely N-dealkylation sites (tertiary alicyclic amines) is 1. The summed E-state index contributed by atoms with van der Waals surface area (Å²) in [5.74, 6) is 1.25. The van der Waals surface area contributed by atoms with E-state index in [9.17, 15) is 0 Å². The summed E-state index contributed by atoms with van der Waals surface area (Å²) in [5, 5.41) is 0. The Bertz CT molecular complexity index is 743. The summed E-state index contributed by atoms with van der Waals surface area (Å²) in [6.45, 7) is 5.07. The Morgan fingerprint density at radius 3 is 3.09 bits per heavy atom. The molecule has 1 aliphatic rings. The number of fused-ring (bicyclic) bond motifs is 1. The molecule has 5 heteroatoms. The predicted molar refractivity (Wildman–Crippen MR) is 84.6 cm³/mol. The SMILES string of the molecule is Cc1[nH]cnc1CN1CCC[C@@H](c2nc3ccccc3o2)C1. The molecule has 0 bridgehead atoms. The molecule has 5 nitrogen and oxygen atoms in total. The van der Waals surface area contributed by atoms with Gasteiger partial charge < -0.3 is 9.40 Å². The Balaban J connectivity index is 1.51. The molecule has 114 valence electrons. The average molecular weight is 296 g/mol. The highest BCUT2D eigenvalue weighted by Crippen LogP contribution is 2.29. The van der Waals surface area contributed by atoms with Crippen LogP contribution in [0.5, 0.6) is 0 Å². The standard InChI is InChI=1S/C17H20N4O/c1-12-15(19-11-18-12)10-21-8-4-5-13(9-21)17-20-14-6-2-3-7-16(14)22-17/h2-3,6-7,11,13H,4-5,8-10H2,1H3,(H,18,19)/t13-/m1/s1. The summed E-state index contributed by atoms with van der Waals surface area (Å²) >= 11 is 0. The molecule has 3 heterocycles. The number of hydrogen-bond acceptors (Lipinski definition) is 4. The van der Waals surface area contributed by atoms with Crippen molar-refractivity contribution in [2.75, 3.05) is 13.1 Å². The molecule has 22 heavy (non-hydrogen) atoms. The van der Waals surface area contributed by atoms with Gasteiger partial charge in [-0.1, -0.05) is 12.1 Å². The fourth-order valence-electron chi connectivity index (χ4n) is 3.22. The molecule has 1 N–H and O–H groups in total. The second-order valence-corrected chi connectivity index (χ2v) is 6.07. The molecular weight excluding hydrogens is 276 g/mol. The Morgan fingerprint density at radius 2 is 2.27 bits per heavy atom. The second-order valence-electron chi connectivity index (χ2n) is 6.07. The molecule has 0 unspecified atom stereocenters. The number of piperidine rings is 1. The Morgan fingerprint density at radius 1 is 1.36 bits per heavy atom. The number of imidazole rings is 1. The van der Waals surface area contributed by atoms with Gasteiger partial charge in [0.05, 0.1) is 12.0 Å². The quantitative estimate of drug-likeness (QED) is 0.806. The van der Waals surface area contributed by atoms with Crippen molar-refractivity contribution in [2.45, 2.75) is 32.2 Å². The van der Waals surface area contributed by atoms with E-state index >= 15 is 0 Å². The highest BCUT2D eigenvalue weighted by Gasteiger charge is 2.26. The van der Waals surface area contributed by atoms with Crippen LogP contribution >= 0.6 is 0 Å². The molecule has 0 aliphatic carbocycles. The van der Waals surface area contributed by atoms with Crippen molar-refractivity contribution in [3.05, 3.63) is 47.9 Å². The van der Waals surface area contributed by atoms with E-state index in [-0.39, 0.29) is 0 Å². The molecule has 0 spiro atoms. The van der Waals surface area contributed by atoms with Gasteiger partial charge in [-0.15, -0.1) is 0 Å². The van der Waals surface area contributed by atoms with Gasteiger partial charge >= 0.3 is 0 Å². The van der Waals surface area contributed by atoms with Gasteiger partial charge in [-0.3, -0.25) is 4.90 Å². The van der Waals surface area contributed by atoms with Gasteiger partial charge in [0.1, 0.15) is 5.52 Å². The number of aryl methyl sites for hydroxylation is 1. The van der Waals surface area contributed by atoms with Gasteiger partial charge in [0, 0.05) is 24.7 Å². The topological polar surface area (TPSA) is 58.0 Å². The van der Waals surface area contributed by atoms with Crippen LogP contribution in [0.2, 0.25) is 0 Å². The number of nitrogens with one attached hydrogen (secondary N) is 1. The zero-order chi connectivity index (χ0) is 14.9. The molecule has 0 amide bonds. The predicted octanol–water partition coefficient (Wildman–Crippen LogP) is 3.24. The smallest absolute Gasteiger partial charge is 0.199 e. The normalized spacial score (nSPS) is 19.8. The van der Waals surface area contributed by atoms with Crippen LogP contribution in [0.3, 0.4) is 0 Å². The highest BCUT2D eigenvalue weighted by molar-refractivity contribution is 5.72. The lowest BCUT2D eigenvalue weighted by atomic mass is 9.98. The molecule has 1 atom stereocenters. The molecular formula is C17H20N4O. The van der Waals surface area contributed by atoms with Crippen molar-refractivity contribution < 1.29 is 4.42 Å². The average Bonchev–Trinajstić information content (AvgIpc) is 3.14. The van der Waals surface area contributed by atoms with Gasteiger partial charge in [0.15, 0.2) is 11.5 Å². The minimum absolute atomic E-state index is 0.375. The Hall–Kier alpha value is -2.14. The Kier molecular flexibility index (Phi) is 3.42. The fourth-order valence-corrected chi connectivity index (χ4v) is 3.22. The minimum atomic E-state index is 0.375. The van der Waals surface area contributed by atoms with E-state index in [0.717, 1.165) is 54.4 Å². The lowest BCUT2D eigenvalue weighted by Gasteiger charge is -2.30. The molecule has 1 saturated heterocycles. The molecule has 4 rings (SSSR count). The lowest BCUT2D eigenvalue weighted by Crippen LogP contribution is -2.34. The number of benzene rings is 1. The van der Waals surface area contributed by atoms with Gasteiger partial charge in [0.2, 0.25) is 0 Å². The van der Waals surface area contributed by atoms with Crippen molar-refractivity contribution in [1.82, 2.24) is 19.9 Å². The van der Waals surface area contributed by atoms with E-state index in [0.29, 0.717) is 5.92 Å². The summed E-state index contributed by atoms with van der Waals surface area (Å²) in [7, 11) is 0. The van der Waals surface area contributed by atoms with Gasteiger partial charge in [0.25, 0.3) is 0 Å². The summed E-state index contributed by atoms with van der Waals surface area (Å²) < 4.78 is 5.96. The highest BCUT2D eigenvalue weighted by atomic mass is 16.3. The minimum Gasteiger partial charge on any atom is -0.440 e. The third-order valence-electron chi connectivity index (χ3n) is 4.47. The lowest BCUT2D eigenvalue weighted by molar-refractivity contribution is 0.185. The first-order chi connectivity index (χ1) is 10.8. The molecule has 0 saturated carbocycles. The number of H-pyrrole nitrogens is 1. The number of rotatable bonds is 3. The number of para-hydroxylation sites is 2. The molecule has 0 radical (unpaired) electrons. The number of nitrogens with zero attached hydrogens (tertiary/aromatic N) is 3. The van der Waals surface area contributed by atoms with Crippen molar-refractivity contribution >= 4 is 11.1 Å². The largest absolute Gasteiger partial charge is 0.440 e. The first-order valence-corrected chi connectivity index (χ1v) is 7.86. The second kappa shape index (κ2) is 5.57. The molecule has 3 aromatic rings. The van der Waals surface area contributed by atoms with Crippen LogP contribution < -0.4 is 0 Å². The maximum absolute atomic E-state index is 5.96. The first kappa shape index (κ1) is 13.5. The van der Waals surface area contributed by atoms with E-state index in [1.165, 1.54) is 6.42 Å². The summed E-state index contributed by atoms with van der Waals surface area (Å²) in [4.78, 5) is 14.7. The maximum Gasteiger partial charge on any atom is 0.199 e. The monoisotopic (exact) mass is 296 g/mol. The molecule has 1 aliphatic heterocycles. The summed E-state index contributed by atoms with van der Waals surface area (Å²) in [6, 6.07) is 7.99. The number of oxazole rings is 1. The van der Waals surface area contributed by atoms with Crippen molar-refractivity contribution in [3.63, 3.8) is 0 Å². The number of aromatic amines is 1. The van der Waals surface area contributed by atoms with E-state index in [1.54, 1.807) is 6.33 Å². The maximum atomic E-state index is 5.96. The van der Waals surface area contributed by atoms with Crippen molar-refractivity contribution in [1.29, 1.82) is 0 Å². The molecule has 1 aromatic carbocycles. The fraction of sp³-hybridized carbons (Fsp3) is 0.412. The number of hydrogen-bond donors (Lipinski definition) is 1. The van der Waals surface area contributed by atoms with E-state index < -0.39 is 0 Å². The van der Waals surface area contributed by atoms with E-state index in [2.05, 4.69) is 26.8 Å². The van der Waals surface area contributed by atoms with Gasteiger partial charge in [-0.2, -0.15) is 0 Å². The van der Waals surface area contributed by atoms with Crippen molar-refractivity contribution in [3.8, 4) is 0 Å². The van der Waals surface area contributed by atoms with Crippen LogP contribution in [0.25, 0.3) is 11.1 Å². The van der Waals surface area contributed by atoms with Crippen LogP contribution in [0.1, 0.15) is 36.0 Å². The van der Waals surface area contributed by atoms with Crippen LogP contribution in [0, 0.1) is 6.92 Å². The summed E-state index contributed by atoms with van der Waals surface area (Å²) in [6.07, 6.45) is 4.09. The van der Waals surface area contributed by atoms with E-state index in [1.807, 2.05) is 24.3 Å². The summed E-state index contributed by atoms with van der Waals surface area (Å²) in [5.41, 5.74) is 4.14. The van der Waals surface area contributed by atoms with Gasteiger partial charge in [-0.25, -0.2) is 9.97 Å². The van der Waals surface area contributed by atoms with Crippen molar-refractivity contribution in [2.24, 2.45) is 0 Å². The molecule has 2 aromatic heterocycles. The van der Waals surface area contributed by atoms with Crippen LogP contribution in [-0.2, 0) is 6.54 Å². The van der Waals surface area contributed by atoms with E-state index in [4.69, 9.17) is 4.42 Å². The first-order valence-electron chi connectivity index (χ1n) is 7.86. The van der Waals surface area contributed by atoms with Gasteiger partial charge in [-0.05, 0) is 38.4 Å². The zero-order valence-electron chi connectivity index (χ0n) is 12.7. The number of aromatic nitrogens is 3. The molecule has 1 fully saturated rings. The Labute approximate surface area is 129 Å². The van der Waals surface area contributed by atoms with Crippen LogP contribution in [0.15, 0.2) is 35.0 Å². The zero-order valence-corrected chi connectivity index (χ0v) is 12.7. The third-order valence-corrected chi connectivity index (χ3v) is 4.47. The van der Waals surface area contributed by atoms with Crippen LogP contribution in [-0.4, -0.2) is 32.9 Å². The van der Waals surface area contributed by atoms with Crippen LogP contribution in [0.4, 0.5) is 0 Å².